The molecule has 0 bridgehead atoms. The molecule has 0 saturated carbocycles. The second-order valence-corrected chi connectivity index (χ2v) is 4.48. The summed E-state index contributed by atoms with van der Waals surface area (Å²) in [4.78, 5) is 18.3. The second kappa shape index (κ2) is 4.67. The van der Waals surface area contributed by atoms with Gasteiger partial charge in [0.25, 0.3) is 0 Å². The summed E-state index contributed by atoms with van der Waals surface area (Å²) in [5.41, 5.74) is 0.958. The van der Waals surface area contributed by atoms with Crippen molar-refractivity contribution in [1.29, 1.82) is 0 Å². The molecule has 6 heteroatoms. The molecule has 0 radical (unpaired) electrons. The Kier molecular flexibility index (Phi) is 3.23. The summed E-state index contributed by atoms with van der Waals surface area (Å²) in [6, 6.07) is 3.77. The van der Waals surface area contributed by atoms with Crippen LogP contribution in [-0.2, 0) is 0 Å². The predicted octanol–water partition coefficient (Wildman–Crippen LogP) is 1.13. The first-order valence-electron chi connectivity index (χ1n) is 5.60. The highest BCUT2D eigenvalue weighted by Crippen LogP contribution is 2.22. The van der Waals surface area contributed by atoms with Gasteiger partial charge in [-0.15, -0.1) is 0 Å². The first kappa shape index (κ1) is 11.8. The number of nitrogens with zero attached hydrogens (tertiary/aromatic N) is 4. The van der Waals surface area contributed by atoms with E-state index in [2.05, 4.69) is 28.9 Å². The molecule has 2 heterocycles. The van der Waals surface area contributed by atoms with Crippen molar-refractivity contribution in [1.82, 2.24) is 9.88 Å². The Hall–Kier alpha value is -1.69. The van der Waals surface area contributed by atoms with E-state index in [1.54, 1.807) is 12.3 Å². The minimum absolute atomic E-state index is 0.0999. The van der Waals surface area contributed by atoms with Crippen LogP contribution in [0.2, 0.25) is 0 Å². The van der Waals surface area contributed by atoms with Gasteiger partial charge in [0, 0.05) is 25.2 Å². The van der Waals surface area contributed by atoms with E-state index in [1.807, 2.05) is 0 Å². The molecule has 0 aliphatic carbocycles. The Morgan fingerprint density at radius 2 is 2.29 bits per heavy atom. The van der Waals surface area contributed by atoms with Crippen molar-refractivity contribution in [2.45, 2.75) is 12.5 Å². The Labute approximate surface area is 100 Å². The van der Waals surface area contributed by atoms with Crippen LogP contribution in [0.5, 0.6) is 0 Å². The van der Waals surface area contributed by atoms with Gasteiger partial charge in [-0.25, -0.2) is 0 Å². The molecule has 0 spiro atoms. The summed E-state index contributed by atoms with van der Waals surface area (Å²) in [5, 5.41) is 10.5. The SMILES string of the molecule is CN(C)[C@@H]1CCN(c2ccc([N+](=O)[O-])nc2)C1. The van der Waals surface area contributed by atoms with Crippen LogP contribution in [0.15, 0.2) is 18.3 Å². The molecule has 0 N–H and O–H groups in total. The van der Waals surface area contributed by atoms with Gasteiger partial charge in [-0.3, -0.25) is 0 Å². The zero-order valence-electron chi connectivity index (χ0n) is 10.0. The fraction of sp³-hybridized carbons (Fsp3) is 0.545. The minimum Gasteiger partial charge on any atom is -0.367 e. The van der Waals surface area contributed by atoms with Gasteiger partial charge in [0.2, 0.25) is 0 Å². The molecule has 1 aromatic rings. The molecule has 1 aliphatic heterocycles. The van der Waals surface area contributed by atoms with Gasteiger partial charge in [0.05, 0.1) is 5.69 Å². The van der Waals surface area contributed by atoms with E-state index in [9.17, 15) is 10.1 Å². The third-order valence-corrected chi connectivity index (χ3v) is 3.18. The molecule has 1 aromatic heterocycles. The molecule has 0 amide bonds. The van der Waals surface area contributed by atoms with Gasteiger partial charge in [-0.2, -0.15) is 0 Å². The highest BCUT2D eigenvalue weighted by atomic mass is 16.6. The first-order chi connectivity index (χ1) is 8.08. The van der Waals surface area contributed by atoms with Crippen molar-refractivity contribution in [2.75, 3.05) is 32.1 Å². The van der Waals surface area contributed by atoms with Crippen LogP contribution < -0.4 is 4.90 Å². The number of nitro groups is 1. The highest BCUT2D eigenvalue weighted by Gasteiger charge is 2.25. The normalized spacial score (nSPS) is 19.9. The van der Waals surface area contributed by atoms with E-state index < -0.39 is 4.92 Å². The number of pyridine rings is 1. The smallest absolute Gasteiger partial charge is 0.363 e. The Balaban J connectivity index is 2.06. The van der Waals surface area contributed by atoms with Gasteiger partial charge >= 0.3 is 5.82 Å². The lowest BCUT2D eigenvalue weighted by atomic mass is 10.2. The van der Waals surface area contributed by atoms with Crippen LogP contribution in [0, 0.1) is 10.1 Å². The summed E-state index contributed by atoms with van der Waals surface area (Å²) in [5.74, 6) is -0.0999. The van der Waals surface area contributed by atoms with E-state index in [4.69, 9.17) is 0 Å². The molecule has 0 unspecified atom stereocenters. The quantitative estimate of drug-likeness (QED) is 0.581. The van der Waals surface area contributed by atoms with E-state index in [1.165, 1.54) is 6.07 Å². The van der Waals surface area contributed by atoms with Crippen LogP contribution >= 0.6 is 0 Å². The number of likely N-dealkylation sites (N-methyl/N-ethyl adjacent to an activating group) is 1. The van der Waals surface area contributed by atoms with Crippen LogP contribution in [0.3, 0.4) is 0 Å². The Morgan fingerprint density at radius 3 is 2.76 bits per heavy atom. The fourth-order valence-corrected chi connectivity index (χ4v) is 2.07. The zero-order valence-corrected chi connectivity index (χ0v) is 10.0. The summed E-state index contributed by atoms with van der Waals surface area (Å²) in [6.07, 6.45) is 2.69. The molecule has 6 nitrogen and oxygen atoms in total. The van der Waals surface area contributed by atoms with Gasteiger partial charge < -0.3 is 19.9 Å². The minimum atomic E-state index is -0.476. The van der Waals surface area contributed by atoms with E-state index in [0.29, 0.717) is 6.04 Å². The van der Waals surface area contributed by atoms with Crippen molar-refractivity contribution in [3.05, 3.63) is 28.4 Å². The van der Waals surface area contributed by atoms with Crippen molar-refractivity contribution in [2.24, 2.45) is 0 Å². The summed E-state index contributed by atoms with van der Waals surface area (Å²) in [7, 11) is 4.14. The molecular formula is C11H16N4O2. The van der Waals surface area contributed by atoms with Crippen LogP contribution in [-0.4, -0.2) is 48.0 Å². The maximum absolute atomic E-state index is 10.5. The lowest BCUT2D eigenvalue weighted by Crippen LogP contribution is -2.31. The lowest BCUT2D eigenvalue weighted by Gasteiger charge is -2.20. The van der Waals surface area contributed by atoms with E-state index >= 15 is 0 Å². The number of hydrogen-bond donors (Lipinski definition) is 0. The van der Waals surface area contributed by atoms with Gasteiger partial charge in [-0.1, -0.05) is 0 Å². The Bertz CT molecular complexity index is 404. The van der Waals surface area contributed by atoms with Gasteiger partial charge in [-0.05, 0) is 36.5 Å². The lowest BCUT2D eigenvalue weighted by molar-refractivity contribution is -0.389. The summed E-state index contributed by atoms with van der Waals surface area (Å²) >= 11 is 0. The second-order valence-electron chi connectivity index (χ2n) is 4.48. The third kappa shape index (κ3) is 2.52. The number of rotatable bonds is 3. The summed E-state index contributed by atoms with van der Waals surface area (Å²) < 4.78 is 0. The van der Waals surface area contributed by atoms with Crippen LogP contribution in [0.1, 0.15) is 6.42 Å². The summed E-state index contributed by atoms with van der Waals surface area (Å²) in [6.45, 7) is 1.93. The maximum Gasteiger partial charge on any atom is 0.363 e. The number of hydrogen-bond acceptors (Lipinski definition) is 5. The highest BCUT2D eigenvalue weighted by molar-refractivity contribution is 5.47. The van der Waals surface area contributed by atoms with Crippen LogP contribution in [0.25, 0.3) is 0 Å². The van der Waals surface area contributed by atoms with Crippen molar-refractivity contribution in [3.8, 4) is 0 Å². The van der Waals surface area contributed by atoms with Crippen molar-refractivity contribution >= 4 is 11.5 Å². The Morgan fingerprint density at radius 1 is 1.53 bits per heavy atom. The topological polar surface area (TPSA) is 62.5 Å². The van der Waals surface area contributed by atoms with Crippen molar-refractivity contribution in [3.63, 3.8) is 0 Å². The van der Waals surface area contributed by atoms with Gasteiger partial charge in [0.15, 0.2) is 6.20 Å². The largest absolute Gasteiger partial charge is 0.367 e. The predicted molar refractivity (Wildman–Crippen MR) is 65.2 cm³/mol. The third-order valence-electron chi connectivity index (χ3n) is 3.18. The molecule has 1 saturated heterocycles. The molecule has 1 aliphatic rings. The van der Waals surface area contributed by atoms with E-state index in [-0.39, 0.29) is 5.82 Å². The van der Waals surface area contributed by atoms with Gasteiger partial charge in [0.1, 0.15) is 0 Å². The molecular weight excluding hydrogens is 220 g/mol. The zero-order chi connectivity index (χ0) is 12.4. The molecule has 0 aromatic carbocycles. The molecule has 1 atom stereocenters. The number of anilines is 1. The van der Waals surface area contributed by atoms with Crippen molar-refractivity contribution < 1.29 is 4.92 Å². The average Bonchev–Trinajstić information content (AvgIpc) is 2.78. The maximum atomic E-state index is 10.5. The molecule has 2 rings (SSSR count). The first-order valence-corrected chi connectivity index (χ1v) is 5.60. The monoisotopic (exact) mass is 236 g/mol. The van der Waals surface area contributed by atoms with E-state index in [0.717, 1.165) is 25.2 Å². The van der Waals surface area contributed by atoms with Crippen LogP contribution in [0.4, 0.5) is 11.5 Å². The molecule has 92 valence electrons. The fourth-order valence-electron chi connectivity index (χ4n) is 2.07. The molecule has 17 heavy (non-hydrogen) atoms. The number of aromatic nitrogens is 1. The molecule has 1 fully saturated rings. The standard InChI is InChI=1S/C11H16N4O2/c1-13(2)10-5-6-14(8-10)9-3-4-11(12-7-9)15(16)17/h3-4,7,10H,5-6,8H2,1-2H3/t10-/m1/s1. The average molecular weight is 236 g/mol.